The molecule has 0 aliphatic carbocycles. The highest BCUT2D eigenvalue weighted by Crippen LogP contribution is 2.46. The van der Waals surface area contributed by atoms with E-state index in [1.807, 2.05) is 42.6 Å². The molecule has 5 nitrogen and oxygen atoms in total. The molecule has 0 saturated carbocycles. The molecule has 0 radical (unpaired) electrons. The standard InChI is InChI=1S/C38H25N3O2/c1-2-11-26(12-3-1)40-24-41(33-17-6-5-16-32(33)40)27-13-8-14-28(22-27)42-35-23-31-29(20-19-25-10-9-21-39-37(25)31)36-30-15-4-7-18-34(30)43-38(35)36/h1-23H,24H2. The van der Waals surface area contributed by atoms with E-state index in [1.54, 1.807) is 0 Å². The van der Waals surface area contributed by atoms with Crippen molar-refractivity contribution < 1.29 is 9.15 Å². The average molecular weight is 556 g/mol. The molecule has 8 aromatic rings. The topological polar surface area (TPSA) is 41.7 Å². The maximum atomic E-state index is 6.72. The van der Waals surface area contributed by atoms with Gasteiger partial charge in [0, 0.05) is 45.2 Å². The number of aromatic nitrogens is 1. The summed E-state index contributed by atoms with van der Waals surface area (Å²) in [6, 6.07) is 45.9. The summed E-state index contributed by atoms with van der Waals surface area (Å²) >= 11 is 0. The zero-order valence-corrected chi connectivity index (χ0v) is 23.1. The first kappa shape index (κ1) is 23.9. The molecule has 9 rings (SSSR count). The van der Waals surface area contributed by atoms with E-state index in [4.69, 9.17) is 14.1 Å². The van der Waals surface area contributed by atoms with E-state index in [9.17, 15) is 0 Å². The summed E-state index contributed by atoms with van der Waals surface area (Å²) in [4.78, 5) is 9.41. The van der Waals surface area contributed by atoms with Crippen LogP contribution in [0.25, 0.3) is 43.6 Å². The molecular weight excluding hydrogens is 530 g/mol. The van der Waals surface area contributed by atoms with Gasteiger partial charge in [0.1, 0.15) is 18.0 Å². The Hall–Kier alpha value is -5.81. The Morgan fingerprint density at radius 2 is 1.37 bits per heavy atom. The summed E-state index contributed by atoms with van der Waals surface area (Å²) in [7, 11) is 0. The SMILES string of the molecule is c1ccc(N2CN(c3cccc(Oc4cc5c(ccc6cccnc65)c5c4oc4ccccc45)c3)c3ccccc32)cc1. The van der Waals surface area contributed by atoms with Crippen molar-refractivity contribution in [2.24, 2.45) is 0 Å². The van der Waals surface area contributed by atoms with Crippen molar-refractivity contribution in [3.63, 3.8) is 0 Å². The smallest absolute Gasteiger partial charge is 0.178 e. The second-order valence-electron chi connectivity index (χ2n) is 10.8. The highest BCUT2D eigenvalue weighted by atomic mass is 16.5. The lowest BCUT2D eigenvalue weighted by molar-refractivity contribution is 0.477. The van der Waals surface area contributed by atoms with E-state index in [2.05, 4.69) is 107 Å². The first-order valence-electron chi connectivity index (χ1n) is 14.4. The first-order valence-corrected chi connectivity index (χ1v) is 14.4. The minimum absolute atomic E-state index is 0.668. The van der Waals surface area contributed by atoms with Crippen molar-refractivity contribution in [3.05, 3.63) is 140 Å². The van der Waals surface area contributed by atoms with Gasteiger partial charge in [-0.3, -0.25) is 4.98 Å². The number of para-hydroxylation sites is 4. The molecule has 5 heteroatoms. The number of furan rings is 1. The van der Waals surface area contributed by atoms with Crippen LogP contribution in [0.2, 0.25) is 0 Å². The zero-order chi connectivity index (χ0) is 28.3. The predicted octanol–water partition coefficient (Wildman–Crippen LogP) is 10.3. The van der Waals surface area contributed by atoms with Crippen LogP contribution in [0, 0.1) is 0 Å². The lowest BCUT2D eigenvalue weighted by Crippen LogP contribution is -2.23. The molecule has 43 heavy (non-hydrogen) atoms. The second kappa shape index (κ2) is 9.36. The Labute approximate surface area is 247 Å². The minimum atomic E-state index is 0.668. The van der Waals surface area contributed by atoms with Gasteiger partial charge in [0.05, 0.1) is 16.9 Å². The van der Waals surface area contributed by atoms with Crippen LogP contribution in [0.4, 0.5) is 22.7 Å². The third-order valence-electron chi connectivity index (χ3n) is 8.35. The summed E-state index contributed by atoms with van der Waals surface area (Å²) in [5.41, 5.74) is 7.06. The fraction of sp³-hybridized carbons (Fsp3) is 0.0263. The highest BCUT2D eigenvalue weighted by Gasteiger charge is 2.28. The zero-order valence-electron chi connectivity index (χ0n) is 23.1. The Balaban J connectivity index is 1.18. The molecule has 0 N–H and O–H groups in total. The summed E-state index contributed by atoms with van der Waals surface area (Å²) in [6.07, 6.45) is 1.84. The van der Waals surface area contributed by atoms with Crippen LogP contribution in [0.15, 0.2) is 144 Å². The summed E-state index contributed by atoms with van der Waals surface area (Å²) in [5, 5.41) is 5.33. The van der Waals surface area contributed by atoms with Gasteiger partial charge in [-0.15, -0.1) is 0 Å². The molecular formula is C38H25N3O2. The number of nitrogens with zero attached hydrogens (tertiary/aromatic N) is 3. The molecule has 0 saturated heterocycles. The Morgan fingerprint density at radius 3 is 2.26 bits per heavy atom. The number of rotatable bonds is 4. The van der Waals surface area contributed by atoms with Crippen LogP contribution in [0.1, 0.15) is 0 Å². The Bertz CT molecular complexity index is 2330. The number of anilines is 4. The number of benzene rings is 6. The van der Waals surface area contributed by atoms with Gasteiger partial charge in [-0.1, -0.05) is 72.8 Å². The van der Waals surface area contributed by atoms with E-state index in [-0.39, 0.29) is 0 Å². The molecule has 3 heterocycles. The molecule has 0 atom stereocenters. The maximum Gasteiger partial charge on any atom is 0.178 e. The van der Waals surface area contributed by atoms with Crippen molar-refractivity contribution in [2.45, 2.75) is 0 Å². The quantitative estimate of drug-likeness (QED) is 0.202. The summed E-state index contributed by atoms with van der Waals surface area (Å²) in [5.74, 6) is 1.41. The van der Waals surface area contributed by atoms with Crippen molar-refractivity contribution in [2.75, 3.05) is 16.5 Å². The number of ether oxygens (including phenoxy) is 1. The third kappa shape index (κ3) is 3.75. The monoisotopic (exact) mass is 555 g/mol. The van der Waals surface area contributed by atoms with Gasteiger partial charge >= 0.3 is 0 Å². The molecule has 6 aromatic carbocycles. The average Bonchev–Trinajstić information content (AvgIpc) is 3.65. The Kier molecular flexibility index (Phi) is 5.19. The van der Waals surface area contributed by atoms with E-state index in [1.165, 1.54) is 5.69 Å². The molecule has 0 spiro atoms. The fourth-order valence-corrected chi connectivity index (χ4v) is 6.40. The van der Waals surface area contributed by atoms with Gasteiger partial charge in [0.2, 0.25) is 0 Å². The van der Waals surface area contributed by atoms with Gasteiger partial charge < -0.3 is 19.0 Å². The van der Waals surface area contributed by atoms with Crippen LogP contribution in [0.3, 0.4) is 0 Å². The van der Waals surface area contributed by atoms with Crippen molar-refractivity contribution >= 4 is 66.4 Å². The van der Waals surface area contributed by atoms with Crippen molar-refractivity contribution in [1.29, 1.82) is 0 Å². The number of hydrogen-bond donors (Lipinski definition) is 0. The van der Waals surface area contributed by atoms with E-state index < -0.39 is 0 Å². The van der Waals surface area contributed by atoms with E-state index >= 15 is 0 Å². The summed E-state index contributed by atoms with van der Waals surface area (Å²) < 4.78 is 13.2. The van der Waals surface area contributed by atoms with Gasteiger partial charge in [0.25, 0.3) is 0 Å². The van der Waals surface area contributed by atoms with Crippen molar-refractivity contribution in [3.8, 4) is 11.5 Å². The predicted molar refractivity (Wildman–Crippen MR) is 175 cm³/mol. The minimum Gasteiger partial charge on any atom is -0.453 e. The normalized spacial score (nSPS) is 12.9. The van der Waals surface area contributed by atoms with Crippen LogP contribution < -0.4 is 14.5 Å². The van der Waals surface area contributed by atoms with Gasteiger partial charge in [-0.05, 0) is 60.0 Å². The summed E-state index contributed by atoms with van der Waals surface area (Å²) in [6.45, 7) is 0.703. The van der Waals surface area contributed by atoms with Crippen molar-refractivity contribution in [1.82, 2.24) is 4.98 Å². The van der Waals surface area contributed by atoms with Gasteiger partial charge in [0.15, 0.2) is 11.3 Å². The fourth-order valence-electron chi connectivity index (χ4n) is 6.40. The second-order valence-corrected chi connectivity index (χ2v) is 10.8. The molecule has 0 fully saturated rings. The van der Waals surface area contributed by atoms with Crippen LogP contribution >= 0.6 is 0 Å². The van der Waals surface area contributed by atoms with Crippen LogP contribution in [-0.4, -0.2) is 11.7 Å². The molecule has 1 aliphatic rings. The highest BCUT2D eigenvalue weighted by molar-refractivity contribution is 6.24. The van der Waals surface area contributed by atoms with Gasteiger partial charge in [-0.25, -0.2) is 0 Å². The third-order valence-corrected chi connectivity index (χ3v) is 8.35. The van der Waals surface area contributed by atoms with Crippen LogP contribution in [0.5, 0.6) is 11.5 Å². The molecule has 0 unspecified atom stereocenters. The largest absolute Gasteiger partial charge is 0.453 e. The molecule has 204 valence electrons. The molecule has 2 aromatic heterocycles. The van der Waals surface area contributed by atoms with E-state index in [0.29, 0.717) is 12.4 Å². The molecule has 0 bridgehead atoms. The van der Waals surface area contributed by atoms with E-state index in [0.717, 1.165) is 66.4 Å². The maximum absolute atomic E-state index is 6.72. The lowest BCUT2D eigenvalue weighted by atomic mass is 10.0. The number of pyridine rings is 1. The molecule has 1 aliphatic heterocycles. The molecule has 0 amide bonds. The Morgan fingerprint density at radius 1 is 0.605 bits per heavy atom. The number of fused-ring (bicyclic) bond motifs is 8. The van der Waals surface area contributed by atoms with Crippen LogP contribution in [-0.2, 0) is 0 Å². The first-order chi connectivity index (χ1) is 21.3. The lowest BCUT2D eigenvalue weighted by Gasteiger charge is -2.22. The number of hydrogen-bond acceptors (Lipinski definition) is 5. The van der Waals surface area contributed by atoms with Gasteiger partial charge in [-0.2, -0.15) is 0 Å².